The fourth-order valence-electron chi connectivity index (χ4n) is 4.14. The highest BCUT2D eigenvalue weighted by atomic mass is 32.2. The maximum absolute atomic E-state index is 13.0. The number of sulfonamides is 1. The third kappa shape index (κ3) is 5.29. The SMILES string of the molecule is Cc1ccc(NC(=O)COC(=O)c2csc3c2CC[C@@H](C)C3)cc1S(=O)(=O)N1CCOCC1. The summed E-state index contributed by atoms with van der Waals surface area (Å²) in [7, 11) is -3.70. The summed E-state index contributed by atoms with van der Waals surface area (Å²) < 4.78 is 37.9. The molecule has 1 aliphatic heterocycles. The van der Waals surface area contributed by atoms with Gasteiger partial charge in [-0.1, -0.05) is 13.0 Å². The summed E-state index contributed by atoms with van der Waals surface area (Å²) in [4.78, 5) is 26.3. The predicted octanol–water partition coefficient (Wildman–Crippen LogP) is 3.00. The zero-order valence-corrected chi connectivity index (χ0v) is 20.4. The van der Waals surface area contributed by atoms with Gasteiger partial charge in [0.2, 0.25) is 10.0 Å². The first-order valence-corrected chi connectivity index (χ1v) is 13.3. The average Bonchev–Trinajstić information content (AvgIpc) is 3.22. The highest BCUT2D eigenvalue weighted by Gasteiger charge is 2.28. The normalized spacial score (nSPS) is 19.0. The molecule has 2 heterocycles. The number of benzene rings is 1. The number of morpholine rings is 1. The first kappa shape index (κ1) is 23.9. The van der Waals surface area contributed by atoms with E-state index in [-0.39, 0.29) is 4.90 Å². The molecule has 8 nitrogen and oxygen atoms in total. The van der Waals surface area contributed by atoms with Crippen molar-refractivity contribution in [2.45, 2.75) is 38.0 Å². The van der Waals surface area contributed by atoms with Gasteiger partial charge in [-0.05, 0) is 55.4 Å². The molecule has 1 amide bonds. The number of fused-ring (bicyclic) bond motifs is 1. The molecule has 0 unspecified atom stereocenters. The molecule has 1 saturated heterocycles. The van der Waals surface area contributed by atoms with E-state index in [2.05, 4.69) is 12.2 Å². The molecular formula is C23H28N2O6S2. The molecule has 1 aromatic heterocycles. The van der Waals surface area contributed by atoms with Gasteiger partial charge in [-0.15, -0.1) is 11.3 Å². The molecule has 1 atom stereocenters. The molecular weight excluding hydrogens is 464 g/mol. The second-order valence-corrected chi connectivity index (χ2v) is 11.4. The Kier molecular flexibility index (Phi) is 7.18. The molecule has 2 aliphatic rings. The van der Waals surface area contributed by atoms with Crippen LogP contribution in [0.2, 0.25) is 0 Å². The fraction of sp³-hybridized carbons (Fsp3) is 0.478. The number of hydrogen-bond acceptors (Lipinski definition) is 7. The molecule has 33 heavy (non-hydrogen) atoms. The van der Waals surface area contributed by atoms with Gasteiger partial charge < -0.3 is 14.8 Å². The number of hydrogen-bond donors (Lipinski definition) is 1. The van der Waals surface area contributed by atoms with E-state index in [1.807, 2.05) is 5.38 Å². The van der Waals surface area contributed by atoms with Gasteiger partial charge >= 0.3 is 5.97 Å². The van der Waals surface area contributed by atoms with Crippen molar-refractivity contribution in [3.8, 4) is 0 Å². The number of rotatable bonds is 6. The van der Waals surface area contributed by atoms with Crippen LogP contribution in [0.5, 0.6) is 0 Å². The zero-order valence-electron chi connectivity index (χ0n) is 18.8. The second-order valence-electron chi connectivity index (χ2n) is 8.52. The van der Waals surface area contributed by atoms with Crippen molar-refractivity contribution in [2.75, 3.05) is 38.2 Å². The lowest BCUT2D eigenvalue weighted by Crippen LogP contribution is -2.40. The predicted molar refractivity (Wildman–Crippen MR) is 125 cm³/mol. The van der Waals surface area contributed by atoms with E-state index in [1.54, 1.807) is 30.4 Å². The smallest absolute Gasteiger partial charge is 0.339 e. The van der Waals surface area contributed by atoms with Gasteiger partial charge in [0.25, 0.3) is 5.91 Å². The Bertz CT molecular complexity index is 1150. The largest absolute Gasteiger partial charge is 0.452 e. The molecule has 178 valence electrons. The lowest BCUT2D eigenvalue weighted by molar-refractivity contribution is -0.119. The lowest BCUT2D eigenvalue weighted by Gasteiger charge is -2.26. The summed E-state index contributed by atoms with van der Waals surface area (Å²) in [6, 6.07) is 4.72. The van der Waals surface area contributed by atoms with Crippen molar-refractivity contribution in [1.82, 2.24) is 4.31 Å². The molecule has 2 aromatic rings. The third-order valence-corrected chi connectivity index (χ3v) is 9.11. The number of anilines is 1. The number of thiophene rings is 1. The summed E-state index contributed by atoms with van der Waals surface area (Å²) in [6.07, 6.45) is 2.85. The van der Waals surface area contributed by atoms with E-state index in [4.69, 9.17) is 9.47 Å². The van der Waals surface area contributed by atoms with Gasteiger partial charge in [-0.25, -0.2) is 13.2 Å². The maximum Gasteiger partial charge on any atom is 0.339 e. The number of ether oxygens (including phenoxy) is 2. The van der Waals surface area contributed by atoms with Crippen LogP contribution >= 0.6 is 11.3 Å². The first-order chi connectivity index (χ1) is 15.8. The Hall–Kier alpha value is -2.27. The fourth-order valence-corrected chi connectivity index (χ4v) is 7.03. The van der Waals surface area contributed by atoms with Gasteiger partial charge in [0, 0.05) is 29.0 Å². The summed E-state index contributed by atoms with van der Waals surface area (Å²) in [5, 5.41) is 4.44. The monoisotopic (exact) mass is 492 g/mol. The van der Waals surface area contributed by atoms with Crippen molar-refractivity contribution in [2.24, 2.45) is 5.92 Å². The first-order valence-electron chi connectivity index (χ1n) is 11.0. The molecule has 0 spiro atoms. The van der Waals surface area contributed by atoms with E-state index >= 15 is 0 Å². The van der Waals surface area contributed by atoms with E-state index in [0.717, 1.165) is 24.8 Å². The van der Waals surface area contributed by atoms with Gasteiger partial charge in [0.15, 0.2) is 6.61 Å². The van der Waals surface area contributed by atoms with Crippen molar-refractivity contribution in [3.63, 3.8) is 0 Å². The third-order valence-electron chi connectivity index (χ3n) is 6.02. The van der Waals surface area contributed by atoms with Crippen LogP contribution in [0, 0.1) is 12.8 Å². The summed E-state index contributed by atoms with van der Waals surface area (Å²) in [5.41, 5.74) is 2.50. The topological polar surface area (TPSA) is 102 Å². The second kappa shape index (κ2) is 9.92. The van der Waals surface area contributed by atoms with Crippen LogP contribution in [0.25, 0.3) is 0 Å². The van der Waals surface area contributed by atoms with Gasteiger partial charge in [0.05, 0.1) is 23.7 Å². The van der Waals surface area contributed by atoms with Crippen molar-refractivity contribution in [3.05, 3.63) is 45.1 Å². The van der Waals surface area contributed by atoms with E-state index < -0.39 is 28.5 Å². The molecule has 4 rings (SSSR count). The van der Waals surface area contributed by atoms with Crippen molar-refractivity contribution >= 4 is 38.9 Å². The van der Waals surface area contributed by atoms with Crippen LogP contribution in [0.3, 0.4) is 0 Å². The molecule has 0 radical (unpaired) electrons. The van der Waals surface area contributed by atoms with Crippen LogP contribution in [0.15, 0.2) is 28.5 Å². The van der Waals surface area contributed by atoms with Crippen LogP contribution < -0.4 is 5.32 Å². The molecule has 10 heteroatoms. The van der Waals surface area contributed by atoms with E-state index in [1.165, 1.54) is 15.2 Å². The quantitative estimate of drug-likeness (QED) is 0.622. The Morgan fingerprint density at radius 3 is 2.79 bits per heavy atom. The van der Waals surface area contributed by atoms with Crippen LogP contribution in [-0.4, -0.2) is 57.5 Å². The number of carbonyl (C=O) groups is 2. The average molecular weight is 493 g/mol. The minimum Gasteiger partial charge on any atom is -0.452 e. The molecule has 0 saturated carbocycles. The molecule has 1 N–H and O–H groups in total. The highest BCUT2D eigenvalue weighted by Crippen LogP contribution is 2.33. The van der Waals surface area contributed by atoms with Gasteiger partial charge in [-0.2, -0.15) is 4.31 Å². The van der Waals surface area contributed by atoms with Crippen LogP contribution in [0.1, 0.15) is 39.7 Å². The van der Waals surface area contributed by atoms with Gasteiger partial charge in [0.1, 0.15) is 0 Å². The van der Waals surface area contributed by atoms with Crippen molar-refractivity contribution < 1.29 is 27.5 Å². The minimum atomic E-state index is -3.70. The van der Waals surface area contributed by atoms with Crippen molar-refractivity contribution in [1.29, 1.82) is 0 Å². The summed E-state index contributed by atoms with van der Waals surface area (Å²) in [5.74, 6) is -0.423. The summed E-state index contributed by atoms with van der Waals surface area (Å²) >= 11 is 1.57. The molecule has 1 fully saturated rings. The minimum absolute atomic E-state index is 0.137. The van der Waals surface area contributed by atoms with Crippen LogP contribution in [0.4, 0.5) is 5.69 Å². The zero-order chi connectivity index (χ0) is 23.6. The molecule has 1 aliphatic carbocycles. The summed E-state index contributed by atoms with van der Waals surface area (Å²) in [6.45, 7) is 4.76. The van der Waals surface area contributed by atoms with E-state index in [0.29, 0.717) is 49.0 Å². The Labute approximate surface area is 197 Å². The molecule has 0 bridgehead atoms. The van der Waals surface area contributed by atoms with Crippen LogP contribution in [-0.2, 0) is 37.1 Å². The maximum atomic E-state index is 13.0. The number of amides is 1. The number of aryl methyl sites for hydroxylation is 1. The Balaban J connectivity index is 1.39. The van der Waals surface area contributed by atoms with Gasteiger partial charge in [-0.3, -0.25) is 4.79 Å². The highest BCUT2D eigenvalue weighted by molar-refractivity contribution is 7.89. The number of carbonyl (C=O) groups excluding carboxylic acids is 2. The Morgan fingerprint density at radius 1 is 1.27 bits per heavy atom. The molecule has 1 aromatic carbocycles. The lowest BCUT2D eigenvalue weighted by atomic mass is 9.88. The number of nitrogens with zero attached hydrogens (tertiary/aromatic N) is 1. The van der Waals surface area contributed by atoms with E-state index in [9.17, 15) is 18.0 Å². The number of nitrogens with one attached hydrogen (secondary N) is 1. The standard InChI is InChI=1S/C23H28N2O6S2/c1-15-3-6-18-19(14-32-20(18)11-15)23(27)31-13-22(26)24-17-5-4-16(2)21(12-17)33(28,29)25-7-9-30-10-8-25/h4-5,12,14-15H,3,6-11,13H2,1-2H3,(H,24,26)/t15-/m1/s1. The number of esters is 1. The Morgan fingerprint density at radius 2 is 2.03 bits per heavy atom.